The zero-order valence-electron chi connectivity index (χ0n) is 12.5. The van der Waals surface area contributed by atoms with Gasteiger partial charge in [0.1, 0.15) is 0 Å². The Balaban J connectivity index is 2.14. The maximum Gasteiger partial charge on any atom is 0.356 e. The van der Waals surface area contributed by atoms with Crippen LogP contribution in [0.2, 0.25) is 0 Å². The summed E-state index contributed by atoms with van der Waals surface area (Å²) in [5.74, 6) is -0.575. The molecule has 0 saturated carbocycles. The van der Waals surface area contributed by atoms with E-state index in [1.54, 1.807) is 13.8 Å². The number of carbonyl (C=O) groups is 1. The molecule has 0 spiro atoms. The van der Waals surface area contributed by atoms with Crippen LogP contribution in [0.5, 0.6) is 0 Å². The Morgan fingerprint density at radius 1 is 1.27 bits per heavy atom. The normalized spacial score (nSPS) is 11.9. The Labute approximate surface area is 137 Å². The summed E-state index contributed by atoms with van der Waals surface area (Å²) in [6, 6.07) is 12.1. The van der Waals surface area contributed by atoms with E-state index >= 15 is 0 Å². The average molecular weight is 364 g/mol. The molecule has 0 radical (unpaired) electrons. The van der Waals surface area contributed by atoms with Crippen LogP contribution < -0.4 is 0 Å². The van der Waals surface area contributed by atoms with Gasteiger partial charge in [-0.25, -0.2) is 4.79 Å². The highest BCUT2D eigenvalue weighted by Gasteiger charge is 2.16. The van der Waals surface area contributed by atoms with Crippen molar-refractivity contribution >= 4 is 38.4 Å². The minimum atomic E-state index is -0.575. The second kappa shape index (κ2) is 7.40. The molecule has 22 heavy (non-hydrogen) atoms. The lowest BCUT2D eigenvalue weighted by atomic mass is 10.0. The first-order chi connectivity index (χ1) is 10.5. The number of halogens is 1. The van der Waals surface area contributed by atoms with Gasteiger partial charge in [-0.05, 0) is 52.5 Å². The first-order valence-corrected chi connectivity index (χ1v) is 7.90. The van der Waals surface area contributed by atoms with Crippen LogP contribution in [-0.2, 0) is 16.0 Å². The van der Waals surface area contributed by atoms with Crippen molar-refractivity contribution in [2.24, 2.45) is 5.16 Å². The van der Waals surface area contributed by atoms with Crippen molar-refractivity contribution in [2.75, 3.05) is 0 Å². The summed E-state index contributed by atoms with van der Waals surface area (Å²) in [4.78, 5) is 11.8. The van der Waals surface area contributed by atoms with E-state index in [2.05, 4.69) is 21.1 Å². The zero-order chi connectivity index (χ0) is 16.1. The van der Waals surface area contributed by atoms with E-state index < -0.39 is 5.97 Å². The highest BCUT2D eigenvalue weighted by atomic mass is 79.9. The highest BCUT2D eigenvalue weighted by Crippen LogP contribution is 2.28. The second-order valence-electron chi connectivity index (χ2n) is 5.26. The Hall–Kier alpha value is -1.88. The number of fused-ring (bicyclic) bond motifs is 1. The summed E-state index contributed by atoms with van der Waals surface area (Å²) in [5, 5.41) is 14.3. The predicted molar refractivity (Wildman–Crippen MR) is 90.4 cm³/mol. The zero-order valence-corrected chi connectivity index (χ0v) is 14.1. The van der Waals surface area contributed by atoms with Crippen LogP contribution in [0.4, 0.5) is 0 Å². The molecule has 0 saturated heterocycles. The quantitative estimate of drug-likeness (QED) is 0.372. The van der Waals surface area contributed by atoms with E-state index in [0.29, 0.717) is 12.8 Å². The topological polar surface area (TPSA) is 58.9 Å². The van der Waals surface area contributed by atoms with E-state index in [-0.39, 0.29) is 11.8 Å². The molecule has 0 unspecified atom stereocenters. The molecule has 5 heteroatoms. The molecule has 0 aliphatic heterocycles. The standard InChI is InChI=1S/C17H18BrNO3/c1-11(2)22-17(20)15(19-21)10-9-13-8-7-12-5-3-4-6-14(12)16(13)18/h3-8,11,21H,9-10H2,1-2H3/b19-15+. The third-order valence-electron chi connectivity index (χ3n) is 3.27. The molecule has 0 bridgehead atoms. The molecule has 2 rings (SSSR count). The van der Waals surface area contributed by atoms with Gasteiger partial charge in [-0.2, -0.15) is 0 Å². The van der Waals surface area contributed by atoms with Gasteiger partial charge in [0.05, 0.1) is 6.10 Å². The number of oxime groups is 1. The number of hydrogen-bond acceptors (Lipinski definition) is 4. The third kappa shape index (κ3) is 3.85. The molecule has 0 aliphatic carbocycles. The van der Waals surface area contributed by atoms with E-state index in [4.69, 9.17) is 9.94 Å². The Kier molecular flexibility index (Phi) is 5.55. The van der Waals surface area contributed by atoms with Crippen LogP contribution in [0.25, 0.3) is 10.8 Å². The summed E-state index contributed by atoms with van der Waals surface area (Å²) in [6.45, 7) is 3.51. The van der Waals surface area contributed by atoms with Gasteiger partial charge in [0.2, 0.25) is 0 Å². The van der Waals surface area contributed by atoms with Crippen LogP contribution in [0.15, 0.2) is 46.0 Å². The monoisotopic (exact) mass is 363 g/mol. The van der Waals surface area contributed by atoms with Gasteiger partial charge in [0.25, 0.3) is 0 Å². The SMILES string of the molecule is CC(C)OC(=O)/C(CCc1ccc2ccccc2c1Br)=N/O. The number of benzene rings is 2. The van der Waals surface area contributed by atoms with Gasteiger partial charge >= 0.3 is 5.97 Å². The molecule has 4 nitrogen and oxygen atoms in total. The molecule has 0 atom stereocenters. The van der Waals surface area contributed by atoms with Gasteiger partial charge in [-0.15, -0.1) is 0 Å². The molecule has 0 fully saturated rings. The molecule has 2 aromatic rings. The second-order valence-corrected chi connectivity index (χ2v) is 6.05. The van der Waals surface area contributed by atoms with Crippen LogP contribution >= 0.6 is 15.9 Å². The van der Waals surface area contributed by atoms with Crippen LogP contribution in [-0.4, -0.2) is 23.0 Å². The molecular formula is C17H18BrNO3. The van der Waals surface area contributed by atoms with Gasteiger partial charge in [0.15, 0.2) is 5.71 Å². The van der Waals surface area contributed by atoms with Crippen molar-refractivity contribution in [2.45, 2.75) is 32.8 Å². The lowest BCUT2D eigenvalue weighted by Gasteiger charge is -2.10. The fourth-order valence-corrected chi connectivity index (χ4v) is 2.89. The minimum absolute atomic E-state index is 0.0359. The van der Waals surface area contributed by atoms with Crippen molar-refractivity contribution in [1.29, 1.82) is 0 Å². The minimum Gasteiger partial charge on any atom is -0.458 e. The van der Waals surface area contributed by atoms with Gasteiger partial charge in [-0.3, -0.25) is 0 Å². The number of esters is 1. The maximum atomic E-state index is 11.8. The van der Waals surface area contributed by atoms with E-state index in [9.17, 15) is 4.79 Å². The molecule has 116 valence electrons. The van der Waals surface area contributed by atoms with E-state index in [1.165, 1.54) is 0 Å². The third-order valence-corrected chi connectivity index (χ3v) is 4.21. The molecule has 2 aromatic carbocycles. The van der Waals surface area contributed by atoms with Gasteiger partial charge < -0.3 is 9.94 Å². The largest absolute Gasteiger partial charge is 0.458 e. The van der Waals surface area contributed by atoms with Crippen LogP contribution in [0.3, 0.4) is 0 Å². The lowest BCUT2D eigenvalue weighted by Crippen LogP contribution is -2.21. The van der Waals surface area contributed by atoms with Gasteiger partial charge in [-0.1, -0.05) is 41.6 Å². The Morgan fingerprint density at radius 3 is 2.68 bits per heavy atom. The lowest BCUT2D eigenvalue weighted by molar-refractivity contribution is -0.139. The molecule has 0 aromatic heterocycles. The van der Waals surface area contributed by atoms with E-state index in [1.807, 2.05) is 36.4 Å². The number of aryl methyl sites for hydroxylation is 1. The number of carbonyl (C=O) groups excluding carboxylic acids is 1. The predicted octanol–water partition coefficient (Wildman–Crippen LogP) is 4.32. The molecule has 1 N–H and O–H groups in total. The van der Waals surface area contributed by atoms with E-state index in [0.717, 1.165) is 20.8 Å². The molecular weight excluding hydrogens is 346 g/mol. The smallest absolute Gasteiger partial charge is 0.356 e. The van der Waals surface area contributed by atoms with Crippen molar-refractivity contribution in [1.82, 2.24) is 0 Å². The van der Waals surface area contributed by atoms with Crippen molar-refractivity contribution in [3.05, 3.63) is 46.4 Å². The van der Waals surface area contributed by atoms with Crippen molar-refractivity contribution < 1.29 is 14.7 Å². The summed E-state index contributed by atoms with van der Waals surface area (Å²) in [5.41, 5.74) is 1.09. The van der Waals surface area contributed by atoms with Crippen LogP contribution in [0, 0.1) is 0 Å². The van der Waals surface area contributed by atoms with Gasteiger partial charge in [0, 0.05) is 10.9 Å². The fourth-order valence-electron chi connectivity index (χ4n) is 2.20. The highest BCUT2D eigenvalue weighted by molar-refractivity contribution is 9.10. The summed E-state index contributed by atoms with van der Waals surface area (Å²) < 4.78 is 6.05. The number of hydrogen-bond donors (Lipinski definition) is 1. The number of rotatable bonds is 5. The summed E-state index contributed by atoms with van der Waals surface area (Å²) in [6.07, 6.45) is 0.661. The first-order valence-electron chi connectivity index (χ1n) is 7.11. The molecule has 0 aliphatic rings. The molecule has 0 heterocycles. The Bertz CT molecular complexity index is 710. The Morgan fingerprint density at radius 2 is 2.00 bits per heavy atom. The van der Waals surface area contributed by atoms with Crippen LogP contribution in [0.1, 0.15) is 25.8 Å². The maximum absolute atomic E-state index is 11.8. The summed E-state index contributed by atoms with van der Waals surface area (Å²) >= 11 is 3.61. The van der Waals surface area contributed by atoms with Crippen molar-refractivity contribution in [3.63, 3.8) is 0 Å². The number of ether oxygens (including phenoxy) is 1. The number of nitrogens with zero attached hydrogens (tertiary/aromatic N) is 1. The van der Waals surface area contributed by atoms with Crippen molar-refractivity contribution in [3.8, 4) is 0 Å². The summed E-state index contributed by atoms with van der Waals surface area (Å²) in [7, 11) is 0. The first kappa shape index (κ1) is 16.5. The molecule has 0 amide bonds. The fraction of sp³-hybridized carbons (Fsp3) is 0.294. The average Bonchev–Trinajstić information content (AvgIpc) is 2.49.